The molecule has 0 bridgehead atoms. The second kappa shape index (κ2) is 11.6. The van der Waals surface area contributed by atoms with Gasteiger partial charge in [-0.25, -0.2) is 4.98 Å². The van der Waals surface area contributed by atoms with Crippen LogP contribution in [0.3, 0.4) is 0 Å². The second-order valence-corrected chi connectivity index (χ2v) is 14.7. The number of furan rings is 1. The van der Waals surface area contributed by atoms with Crippen molar-refractivity contribution in [2.75, 3.05) is 4.90 Å². The predicted octanol–water partition coefficient (Wildman–Crippen LogP) is 13.2. The van der Waals surface area contributed by atoms with Crippen LogP contribution in [0.4, 0.5) is 11.4 Å². The monoisotopic (exact) mass is 686 g/mol. The van der Waals surface area contributed by atoms with Crippen LogP contribution in [-0.4, -0.2) is 10.2 Å². The van der Waals surface area contributed by atoms with Crippen molar-refractivity contribution in [2.24, 2.45) is 0 Å². The molecule has 52 heavy (non-hydrogen) atoms. The van der Waals surface area contributed by atoms with E-state index in [2.05, 4.69) is 126 Å². The topological polar surface area (TPSA) is 42.4 Å². The zero-order valence-electron chi connectivity index (χ0n) is 28.0. The van der Waals surface area contributed by atoms with Crippen LogP contribution >= 0.6 is 11.8 Å². The quantitative estimate of drug-likeness (QED) is 0.180. The van der Waals surface area contributed by atoms with Crippen LogP contribution in [0, 0.1) is 0 Å². The largest absolute Gasteiger partial charge is 0.456 e. The zero-order chi connectivity index (χ0) is 34.2. The highest BCUT2D eigenvalue weighted by Crippen LogP contribution is 2.50. The first-order chi connectivity index (χ1) is 25.7. The fourth-order valence-electron chi connectivity index (χ4n) is 7.94. The standard InChI is InChI=1S/C47H30N2O2S/c1-2-10-31(11-3-1)47-48-40-24-25-41-45(46(40)51-47)38-23-21-34(28-42(38)50-41)49(33-22-26-44-39(27-33)37-14-6-7-16-43(37)52-44)32-19-17-30(18-20-32)36-15-8-12-29-9-4-5-13-35(29)36/h1-25,27-28,44H,26H2. The first kappa shape index (κ1) is 29.4. The van der Waals surface area contributed by atoms with E-state index in [9.17, 15) is 0 Å². The van der Waals surface area contributed by atoms with Crippen molar-refractivity contribution < 1.29 is 8.83 Å². The number of nitrogens with zero attached hydrogens (tertiary/aromatic N) is 2. The normalized spacial score (nSPS) is 15.2. The molecule has 0 spiro atoms. The molecular weight excluding hydrogens is 657 g/mol. The number of hydrogen-bond acceptors (Lipinski definition) is 5. The zero-order valence-corrected chi connectivity index (χ0v) is 28.8. The average molecular weight is 687 g/mol. The van der Waals surface area contributed by atoms with Crippen LogP contribution in [0.5, 0.6) is 0 Å². The van der Waals surface area contributed by atoms with Crippen LogP contribution in [0.15, 0.2) is 183 Å². The van der Waals surface area contributed by atoms with Crippen LogP contribution in [0.25, 0.3) is 72.0 Å². The molecule has 2 aromatic heterocycles. The third-order valence-corrected chi connectivity index (χ3v) is 11.7. The maximum atomic E-state index is 6.57. The van der Waals surface area contributed by atoms with Gasteiger partial charge in [0, 0.05) is 44.2 Å². The van der Waals surface area contributed by atoms with Crippen molar-refractivity contribution in [1.29, 1.82) is 0 Å². The third-order valence-electron chi connectivity index (χ3n) is 10.4. The fraction of sp³-hybridized carbons (Fsp3) is 0.0426. The summed E-state index contributed by atoms with van der Waals surface area (Å²) in [5.41, 5.74) is 12.5. The third kappa shape index (κ3) is 4.66. The molecule has 1 aliphatic heterocycles. The number of allylic oxidation sites excluding steroid dienone is 2. The number of benzene rings is 7. The van der Waals surface area contributed by atoms with E-state index in [1.165, 1.54) is 37.9 Å². The molecule has 246 valence electrons. The molecule has 7 aromatic carbocycles. The Hall–Kier alpha value is -6.30. The van der Waals surface area contributed by atoms with E-state index in [-0.39, 0.29) is 0 Å². The van der Waals surface area contributed by atoms with Gasteiger partial charge in [-0.05, 0) is 100 Å². The smallest absolute Gasteiger partial charge is 0.227 e. The summed E-state index contributed by atoms with van der Waals surface area (Å²) in [6.45, 7) is 0. The van der Waals surface area contributed by atoms with E-state index in [0.717, 1.165) is 62.1 Å². The Morgan fingerprint density at radius 1 is 0.615 bits per heavy atom. The van der Waals surface area contributed by atoms with E-state index in [0.29, 0.717) is 11.1 Å². The number of fused-ring (bicyclic) bond motifs is 9. The second-order valence-electron chi connectivity index (χ2n) is 13.4. The summed E-state index contributed by atoms with van der Waals surface area (Å²) < 4.78 is 13.0. The average Bonchev–Trinajstić information content (AvgIpc) is 3.91. The number of thioether (sulfide) groups is 1. The molecule has 0 saturated heterocycles. The van der Waals surface area contributed by atoms with Crippen molar-refractivity contribution in [2.45, 2.75) is 16.6 Å². The van der Waals surface area contributed by atoms with Crippen molar-refractivity contribution in [1.82, 2.24) is 4.98 Å². The summed E-state index contributed by atoms with van der Waals surface area (Å²) in [6.07, 6.45) is 5.74. The maximum Gasteiger partial charge on any atom is 0.227 e. The Morgan fingerprint density at radius 3 is 2.33 bits per heavy atom. The number of aromatic nitrogens is 1. The molecule has 11 rings (SSSR count). The molecule has 3 heterocycles. The number of oxazole rings is 1. The molecule has 2 aliphatic rings. The van der Waals surface area contributed by atoms with Gasteiger partial charge < -0.3 is 13.7 Å². The molecule has 1 atom stereocenters. The lowest BCUT2D eigenvalue weighted by molar-refractivity contribution is 0.622. The van der Waals surface area contributed by atoms with Crippen LogP contribution in [0.2, 0.25) is 0 Å². The molecule has 4 nitrogen and oxygen atoms in total. The SMILES string of the molecule is C1=C2c3ccccc3SC2CC=C1N(c1ccc(-c2cccc3ccccc23)cc1)c1ccc2c(c1)oc1ccc3nc(-c4ccccc4)oc3c12. The molecule has 1 unspecified atom stereocenters. The van der Waals surface area contributed by atoms with E-state index in [4.69, 9.17) is 13.8 Å². The lowest BCUT2D eigenvalue weighted by atomic mass is 9.95. The summed E-state index contributed by atoms with van der Waals surface area (Å²) >= 11 is 1.97. The van der Waals surface area contributed by atoms with E-state index in [1.807, 2.05) is 54.2 Å². The summed E-state index contributed by atoms with van der Waals surface area (Å²) in [7, 11) is 0. The molecule has 0 N–H and O–H groups in total. The van der Waals surface area contributed by atoms with Crippen LogP contribution in [-0.2, 0) is 0 Å². The van der Waals surface area contributed by atoms with Crippen LogP contribution in [0.1, 0.15) is 12.0 Å². The number of anilines is 2. The highest BCUT2D eigenvalue weighted by molar-refractivity contribution is 8.00. The summed E-state index contributed by atoms with van der Waals surface area (Å²) in [4.78, 5) is 8.55. The van der Waals surface area contributed by atoms with E-state index >= 15 is 0 Å². The lowest BCUT2D eigenvalue weighted by Crippen LogP contribution is -2.18. The molecule has 1 aliphatic carbocycles. The Balaban J connectivity index is 1.05. The van der Waals surface area contributed by atoms with E-state index < -0.39 is 0 Å². The minimum absolute atomic E-state index is 0.430. The number of rotatable bonds is 5. The molecule has 0 radical (unpaired) electrons. The fourth-order valence-corrected chi connectivity index (χ4v) is 9.23. The van der Waals surface area contributed by atoms with Gasteiger partial charge in [-0.2, -0.15) is 0 Å². The van der Waals surface area contributed by atoms with Gasteiger partial charge in [0.15, 0.2) is 5.58 Å². The van der Waals surface area contributed by atoms with Crippen LogP contribution < -0.4 is 4.90 Å². The van der Waals surface area contributed by atoms with Gasteiger partial charge in [-0.15, -0.1) is 11.8 Å². The Kier molecular flexibility index (Phi) is 6.58. The van der Waals surface area contributed by atoms with Gasteiger partial charge in [0.05, 0.1) is 5.39 Å². The number of hydrogen-bond donors (Lipinski definition) is 0. The van der Waals surface area contributed by atoms with Crippen molar-refractivity contribution in [3.05, 3.63) is 175 Å². The summed E-state index contributed by atoms with van der Waals surface area (Å²) in [6, 6.07) is 53.4. The van der Waals surface area contributed by atoms with Gasteiger partial charge in [-0.3, -0.25) is 0 Å². The van der Waals surface area contributed by atoms with Crippen molar-refractivity contribution >= 4 is 72.5 Å². The minimum Gasteiger partial charge on any atom is -0.456 e. The summed E-state index contributed by atoms with van der Waals surface area (Å²) in [5.74, 6) is 0.606. The van der Waals surface area contributed by atoms with E-state index in [1.54, 1.807) is 0 Å². The Morgan fingerprint density at radius 2 is 1.40 bits per heavy atom. The van der Waals surface area contributed by atoms with Gasteiger partial charge in [0.1, 0.15) is 16.7 Å². The molecular formula is C47H30N2O2S. The molecule has 9 aromatic rings. The van der Waals surface area contributed by atoms with Crippen molar-refractivity contribution in [3.63, 3.8) is 0 Å². The lowest BCUT2D eigenvalue weighted by Gasteiger charge is -2.30. The van der Waals surface area contributed by atoms with Gasteiger partial charge in [-0.1, -0.05) is 97.1 Å². The van der Waals surface area contributed by atoms with Gasteiger partial charge in [0.25, 0.3) is 0 Å². The van der Waals surface area contributed by atoms with Gasteiger partial charge in [0.2, 0.25) is 5.89 Å². The molecule has 0 fully saturated rings. The highest BCUT2D eigenvalue weighted by Gasteiger charge is 2.31. The minimum atomic E-state index is 0.430. The highest BCUT2D eigenvalue weighted by atomic mass is 32.2. The molecule has 0 saturated carbocycles. The first-order valence-electron chi connectivity index (χ1n) is 17.6. The predicted molar refractivity (Wildman–Crippen MR) is 215 cm³/mol. The molecule has 0 amide bonds. The van der Waals surface area contributed by atoms with Gasteiger partial charge >= 0.3 is 0 Å². The summed E-state index contributed by atoms with van der Waals surface area (Å²) in [5, 5.41) is 4.88. The Labute approximate surface area is 304 Å². The van der Waals surface area contributed by atoms with Crippen molar-refractivity contribution in [3.8, 4) is 22.6 Å². The molecule has 5 heteroatoms. The maximum absolute atomic E-state index is 6.57. The Bertz CT molecular complexity index is 2910. The first-order valence-corrected chi connectivity index (χ1v) is 18.5.